The molecule has 128 valence electrons. The molecule has 0 unspecified atom stereocenters. The highest BCUT2D eigenvalue weighted by molar-refractivity contribution is 14.0. The molecule has 1 fully saturated rings. The molecule has 0 atom stereocenters. The van der Waals surface area contributed by atoms with Crippen molar-refractivity contribution in [3.63, 3.8) is 0 Å². The molecule has 7 heteroatoms. The Morgan fingerprint density at radius 1 is 1.09 bits per heavy atom. The standard InChI is InChI=1S/C15H28N4O2.HI/c1-3-4-5-6-10-17-15(16-2)18-11-12-19-13(20)8-7-9-14(19)21;/h3-12H2,1-2H3,(H2,16,17,18);1H. The number of guanidine groups is 1. The molecular weight excluding hydrogens is 395 g/mol. The summed E-state index contributed by atoms with van der Waals surface area (Å²) in [6, 6.07) is 0. The van der Waals surface area contributed by atoms with Crippen LogP contribution in [0.5, 0.6) is 0 Å². The van der Waals surface area contributed by atoms with Gasteiger partial charge in [0.1, 0.15) is 0 Å². The van der Waals surface area contributed by atoms with Crippen molar-refractivity contribution in [2.45, 2.75) is 51.9 Å². The molecule has 1 rings (SSSR count). The zero-order valence-electron chi connectivity index (χ0n) is 13.7. The van der Waals surface area contributed by atoms with Crippen molar-refractivity contribution >= 4 is 41.8 Å². The van der Waals surface area contributed by atoms with Crippen LogP contribution in [-0.4, -0.2) is 49.4 Å². The first kappa shape index (κ1) is 21.1. The summed E-state index contributed by atoms with van der Waals surface area (Å²) < 4.78 is 0. The first-order valence-corrected chi connectivity index (χ1v) is 7.96. The monoisotopic (exact) mass is 424 g/mol. The number of amides is 2. The van der Waals surface area contributed by atoms with Crippen LogP contribution in [0.4, 0.5) is 0 Å². The Kier molecular flexibility index (Phi) is 12.2. The summed E-state index contributed by atoms with van der Waals surface area (Å²) in [5.41, 5.74) is 0. The van der Waals surface area contributed by atoms with E-state index in [1.54, 1.807) is 7.05 Å². The Morgan fingerprint density at radius 3 is 2.32 bits per heavy atom. The van der Waals surface area contributed by atoms with Crippen molar-refractivity contribution in [2.75, 3.05) is 26.7 Å². The number of nitrogens with zero attached hydrogens (tertiary/aromatic N) is 2. The van der Waals surface area contributed by atoms with Gasteiger partial charge in [-0.3, -0.25) is 19.5 Å². The Hall–Kier alpha value is -0.860. The van der Waals surface area contributed by atoms with Crippen LogP contribution in [0.2, 0.25) is 0 Å². The summed E-state index contributed by atoms with van der Waals surface area (Å²) in [6.07, 6.45) is 6.47. The number of halogens is 1. The summed E-state index contributed by atoms with van der Waals surface area (Å²) in [6.45, 7) is 4.03. The van der Waals surface area contributed by atoms with Crippen LogP contribution in [0.25, 0.3) is 0 Å². The number of rotatable bonds is 8. The minimum Gasteiger partial charge on any atom is -0.356 e. The van der Waals surface area contributed by atoms with Crippen molar-refractivity contribution in [3.8, 4) is 0 Å². The van der Waals surface area contributed by atoms with Crippen molar-refractivity contribution in [2.24, 2.45) is 4.99 Å². The average Bonchev–Trinajstić information content (AvgIpc) is 2.48. The minimum absolute atomic E-state index is 0. The predicted octanol–water partition coefficient (Wildman–Crippen LogP) is 1.89. The van der Waals surface area contributed by atoms with Crippen LogP contribution in [-0.2, 0) is 9.59 Å². The molecule has 1 aliphatic rings. The van der Waals surface area contributed by atoms with Crippen molar-refractivity contribution in [1.29, 1.82) is 0 Å². The number of piperidine rings is 1. The summed E-state index contributed by atoms with van der Waals surface area (Å²) in [5, 5.41) is 6.38. The lowest BCUT2D eigenvalue weighted by molar-refractivity contribution is -0.147. The second kappa shape index (κ2) is 12.7. The first-order chi connectivity index (χ1) is 10.2. The number of carbonyl (C=O) groups excluding carboxylic acids is 2. The van der Waals surface area contributed by atoms with E-state index in [2.05, 4.69) is 22.5 Å². The van der Waals surface area contributed by atoms with Gasteiger partial charge >= 0.3 is 0 Å². The first-order valence-electron chi connectivity index (χ1n) is 7.96. The Morgan fingerprint density at radius 2 is 1.73 bits per heavy atom. The molecule has 2 amide bonds. The van der Waals surface area contributed by atoms with Gasteiger partial charge in [-0.15, -0.1) is 24.0 Å². The van der Waals surface area contributed by atoms with E-state index in [0.29, 0.717) is 32.4 Å². The van der Waals surface area contributed by atoms with Gasteiger partial charge < -0.3 is 10.6 Å². The number of carbonyl (C=O) groups is 2. The average molecular weight is 424 g/mol. The lowest BCUT2D eigenvalue weighted by Gasteiger charge is -2.25. The molecule has 1 aliphatic heterocycles. The number of nitrogens with one attached hydrogen (secondary N) is 2. The Labute approximate surface area is 150 Å². The topological polar surface area (TPSA) is 73.8 Å². The maximum absolute atomic E-state index is 11.7. The molecule has 0 aromatic carbocycles. The highest BCUT2D eigenvalue weighted by Gasteiger charge is 2.25. The normalized spacial score (nSPS) is 15.5. The molecule has 0 aromatic heterocycles. The second-order valence-electron chi connectivity index (χ2n) is 5.28. The van der Waals surface area contributed by atoms with Gasteiger partial charge in [0.15, 0.2) is 5.96 Å². The Bertz CT molecular complexity index is 359. The van der Waals surface area contributed by atoms with Crippen molar-refractivity contribution in [1.82, 2.24) is 15.5 Å². The summed E-state index contributed by atoms with van der Waals surface area (Å²) >= 11 is 0. The summed E-state index contributed by atoms with van der Waals surface area (Å²) in [7, 11) is 1.72. The molecule has 2 N–H and O–H groups in total. The highest BCUT2D eigenvalue weighted by atomic mass is 127. The van der Waals surface area contributed by atoms with Crippen molar-refractivity contribution in [3.05, 3.63) is 0 Å². The second-order valence-corrected chi connectivity index (χ2v) is 5.28. The fourth-order valence-electron chi connectivity index (χ4n) is 2.31. The van der Waals surface area contributed by atoms with Crippen LogP contribution in [0.3, 0.4) is 0 Å². The molecule has 0 bridgehead atoms. The molecular formula is C15H29IN4O2. The predicted molar refractivity (Wildman–Crippen MR) is 99.5 cm³/mol. The van der Waals surface area contributed by atoms with Gasteiger partial charge in [0, 0.05) is 39.5 Å². The van der Waals surface area contributed by atoms with Crippen molar-refractivity contribution < 1.29 is 9.59 Å². The lowest BCUT2D eigenvalue weighted by atomic mass is 10.1. The van der Waals surface area contributed by atoms with Gasteiger partial charge in [-0.05, 0) is 12.8 Å². The maximum Gasteiger partial charge on any atom is 0.229 e. The van der Waals surface area contributed by atoms with E-state index >= 15 is 0 Å². The van der Waals surface area contributed by atoms with Gasteiger partial charge in [0.25, 0.3) is 0 Å². The molecule has 22 heavy (non-hydrogen) atoms. The molecule has 0 saturated carbocycles. The molecule has 1 heterocycles. The van der Waals surface area contributed by atoms with Crippen LogP contribution in [0.1, 0.15) is 51.9 Å². The molecule has 0 aliphatic carbocycles. The van der Waals surface area contributed by atoms with E-state index in [1.807, 2.05) is 0 Å². The van der Waals surface area contributed by atoms with E-state index in [9.17, 15) is 9.59 Å². The summed E-state index contributed by atoms with van der Waals surface area (Å²) in [5.74, 6) is 0.606. The van der Waals surface area contributed by atoms with E-state index in [4.69, 9.17) is 0 Å². The van der Waals surface area contributed by atoms with E-state index < -0.39 is 0 Å². The van der Waals surface area contributed by atoms with Gasteiger partial charge in [-0.25, -0.2) is 0 Å². The fraction of sp³-hybridized carbons (Fsp3) is 0.800. The minimum atomic E-state index is -0.0597. The molecule has 0 spiro atoms. The third-order valence-corrected chi connectivity index (χ3v) is 3.56. The smallest absolute Gasteiger partial charge is 0.229 e. The number of hydrogen-bond donors (Lipinski definition) is 2. The fourth-order valence-corrected chi connectivity index (χ4v) is 2.31. The number of likely N-dealkylation sites (tertiary alicyclic amines) is 1. The molecule has 6 nitrogen and oxygen atoms in total. The van der Waals surface area contributed by atoms with Gasteiger partial charge in [-0.2, -0.15) is 0 Å². The highest BCUT2D eigenvalue weighted by Crippen LogP contribution is 2.11. The third-order valence-electron chi connectivity index (χ3n) is 3.56. The zero-order valence-corrected chi connectivity index (χ0v) is 16.0. The third kappa shape index (κ3) is 7.95. The zero-order chi connectivity index (χ0) is 15.5. The van der Waals surface area contributed by atoms with E-state index in [1.165, 1.54) is 24.2 Å². The number of unbranched alkanes of at least 4 members (excludes halogenated alkanes) is 3. The van der Waals surface area contributed by atoms with E-state index in [-0.39, 0.29) is 35.8 Å². The molecule has 0 radical (unpaired) electrons. The van der Waals surface area contributed by atoms with Gasteiger partial charge in [0.2, 0.25) is 11.8 Å². The number of hydrogen-bond acceptors (Lipinski definition) is 3. The SMILES string of the molecule is CCCCCCNC(=NC)NCCN1C(=O)CCCC1=O.I. The van der Waals surface area contributed by atoms with Crippen LogP contribution >= 0.6 is 24.0 Å². The Balaban J connectivity index is 0.00000441. The number of aliphatic imine (C=N–C) groups is 1. The van der Waals surface area contributed by atoms with E-state index in [0.717, 1.165) is 18.9 Å². The quantitative estimate of drug-likeness (QED) is 0.205. The van der Waals surface area contributed by atoms with Gasteiger partial charge in [-0.1, -0.05) is 26.2 Å². The van der Waals surface area contributed by atoms with Crippen LogP contribution in [0, 0.1) is 0 Å². The summed E-state index contributed by atoms with van der Waals surface area (Å²) in [4.78, 5) is 28.8. The largest absolute Gasteiger partial charge is 0.356 e. The molecule has 0 aromatic rings. The lowest BCUT2D eigenvalue weighted by Crippen LogP contribution is -2.46. The maximum atomic E-state index is 11.7. The van der Waals surface area contributed by atoms with Crippen LogP contribution < -0.4 is 10.6 Å². The van der Waals surface area contributed by atoms with Crippen LogP contribution in [0.15, 0.2) is 4.99 Å². The molecule has 1 saturated heterocycles. The van der Waals surface area contributed by atoms with Gasteiger partial charge in [0.05, 0.1) is 0 Å². The number of imide groups is 1.